The fourth-order valence-corrected chi connectivity index (χ4v) is 5.26. The summed E-state index contributed by atoms with van der Waals surface area (Å²) in [5.41, 5.74) is 1.63. The molecule has 2 aromatic carbocycles. The summed E-state index contributed by atoms with van der Waals surface area (Å²) in [5, 5.41) is 30.3. The molecule has 0 aliphatic carbocycles. The Morgan fingerprint density at radius 2 is 1.34 bits per heavy atom. The monoisotopic (exact) mass is 488 g/mol. The van der Waals surface area contributed by atoms with Gasteiger partial charge in [-0.3, -0.25) is 8.37 Å². The molecule has 0 radical (unpaired) electrons. The Balaban J connectivity index is 1.77. The maximum absolute atomic E-state index is 12.5. The van der Waals surface area contributed by atoms with Crippen molar-refractivity contribution in [3.63, 3.8) is 0 Å². The predicted molar refractivity (Wildman–Crippen MR) is 110 cm³/mol. The average Bonchev–Trinajstić information content (AvgIpc) is 3.00. The fourth-order valence-electron chi connectivity index (χ4n) is 3.11. The molecular weight excluding hydrogens is 464 g/mol. The minimum atomic E-state index is -4.39. The lowest BCUT2D eigenvalue weighted by molar-refractivity contribution is -0.142. The van der Waals surface area contributed by atoms with Crippen LogP contribution >= 0.6 is 0 Å². The van der Waals surface area contributed by atoms with E-state index in [4.69, 9.17) is 13.1 Å². The molecule has 1 fully saturated rings. The van der Waals surface area contributed by atoms with Gasteiger partial charge in [-0.25, -0.2) is 0 Å². The Bertz CT molecular complexity index is 1130. The zero-order valence-electron chi connectivity index (χ0n) is 17.2. The van der Waals surface area contributed by atoms with E-state index in [1.54, 1.807) is 38.1 Å². The highest BCUT2D eigenvalue weighted by Gasteiger charge is 2.50. The number of ether oxygens (including phenoxy) is 1. The topological polar surface area (TPSA) is 157 Å². The number of hydrogen-bond donors (Lipinski definition) is 3. The third-order valence-electron chi connectivity index (χ3n) is 4.90. The third kappa shape index (κ3) is 5.35. The Labute approximate surface area is 186 Å². The SMILES string of the molecule is Cc1ccc(S(=O)(=O)O[C@@H]2[C@@H](O)[C@@H]([C@H](CO)OS(=O)(=O)c3ccc(C)cc3)O[C@@H]2O)cc1. The summed E-state index contributed by atoms with van der Waals surface area (Å²) in [7, 11) is -8.74. The van der Waals surface area contributed by atoms with Gasteiger partial charge in [0.05, 0.1) is 16.4 Å². The number of rotatable bonds is 8. The van der Waals surface area contributed by atoms with Crippen LogP contribution < -0.4 is 0 Å². The lowest BCUT2D eigenvalue weighted by Gasteiger charge is -2.24. The molecule has 2 aromatic rings. The van der Waals surface area contributed by atoms with Gasteiger partial charge in [-0.2, -0.15) is 16.8 Å². The van der Waals surface area contributed by atoms with Gasteiger partial charge >= 0.3 is 0 Å². The summed E-state index contributed by atoms with van der Waals surface area (Å²) in [6, 6.07) is 11.4. The van der Waals surface area contributed by atoms with Crippen molar-refractivity contribution in [2.24, 2.45) is 0 Å². The molecule has 1 aliphatic rings. The van der Waals surface area contributed by atoms with Gasteiger partial charge in [0.25, 0.3) is 20.2 Å². The van der Waals surface area contributed by atoms with Crippen LogP contribution in [0.5, 0.6) is 0 Å². The highest BCUT2D eigenvalue weighted by atomic mass is 32.2. The van der Waals surface area contributed by atoms with Crippen molar-refractivity contribution in [3.05, 3.63) is 59.7 Å². The summed E-state index contributed by atoms with van der Waals surface area (Å²) >= 11 is 0. The second-order valence-corrected chi connectivity index (χ2v) is 10.5. The van der Waals surface area contributed by atoms with E-state index in [9.17, 15) is 32.2 Å². The summed E-state index contributed by atoms with van der Waals surface area (Å²) in [5.74, 6) is 0. The van der Waals surface area contributed by atoms with Gasteiger partial charge in [-0.15, -0.1) is 0 Å². The van der Waals surface area contributed by atoms with Gasteiger partial charge in [0.15, 0.2) is 12.4 Å². The lowest BCUT2D eigenvalue weighted by Crippen LogP contribution is -2.44. The van der Waals surface area contributed by atoms with E-state index >= 15 is 0 Å². The largest absolute Gasteiger partial charge is 0.394 e. The van der Waals surface area contributed by atoms with Gasteiger partial charge in [-0.05, 0) is 38.1 Å². The van der Waals surface area contributed by atoms with E-state index in [0.29, 0.717) is 0 Å². The van der Waals surface area contributed by atoms with Crippen LogP contribution in [0.1, 0.15) is 11.1 Å². The summed E-state index contributed by atoms with van der Waals surface area (Å²) < 4.78 is 65.1. The molecule has 176 valence electrons. The molecule has 3 rings (SSSR count). The Hall–Kier alpha value is -1.90. The molecule has 0 unspecified atom stereocenters. The molecule has 3 N–H and O–H groups in total. The quantitative estimate of drug-likeness (QED) is 0.439. The van der Waals surface area contributed by atoms with E-state index in [2.05, 4.69) is 0 Å². The first-order valence-electron chi connectivity index (χ1n) is 9.57. The van der Waals surface area contributed by atoms with Crippen LogP contribution in [0.25, 0.3) is 0 Å². The molecular formula is C20H24O10S2. The summed E-state index contributed by atoms with van der Waals surface area (Å²) in [6.07, 6.45) is -8.74. The Morgan fingerprint density at radius 3 is 1.81 bits per heavy atom. The first-order valence-corrected chi connectivity index (χ1v) is 12.4. The number of aryl methyl sites for hydroxylation is 2. The standard InChI is InChI=1S/C20H24O10S2/c1-12-3-7-14(8-4-12)31(24,25)29-16(11-21)18-17(22)19(20(23)28-18)30-32(26,27)15-9-5-13(2)6-10-15/h3-10,16-23H,11H2,1-2H3/t16-,17-,18+,19+,20-/m0/s1. The second-order valence-electron chi connectivity index (χ2n) is 7.39. The molecule has 1 heterocycles. The molecule has 0 amide bonds. The van der Waals surface area contributed by atoms with Crippen LogP contribution in [-0.4, -0.2) is 69.5 Å². The van der Waals surface area contributed by atoms with Crippen LogP contribution in [0.4, 0.5) is 0 Å². The zero-order valence-corrected chi connectivity index (χ0v) is 18.9. The van der Waals surface area contributed by atoms with E-state index in [0.717, 1.165) is 11.1 Å². The average molecular weight is 489 g/mol. The van der Waals surface area contributed by atoms with Gasteiger partial charge in [0, 0.05) is 0 Å². The number of aliphatic hydroxyl groups excluding tert-OH is 3. The molecule has 0 aromatic heterocycles. The molecule has 0 saturated carbocycles. The van der Waals surface area contributed by atoms with Crippen molar-refractivity contribution in [3.8, 4) is 0 Å². The summed E-state index contributed by atoms with van der Waals surface area (Å²) in [4.78, 5) is -0.396. The molecule has 5 atom stereocenters. The van der Waals surface area contributed by atoms with Crippen molar-refractivity contribution in [1.82, 2.24) is 0 Å². The van der Waals surface area contributed by atoms with Gasteiger partial charge in [0.1, 0.15) is 18.3 Å². The van der Waals surface area contributed by atoms with Gasteiger partial charge in [0.2, 0.25) is 0 Å². The maximum Gasteiger partial charge on any atom is 0.297 e. The maximum atomic E-state index is 12.5. The molecule has 0 bridgehead atoms. The molecule has 1 saturated heterocycles. The second kappa shape index (κ2) is 9.53. The summed E-state index contributed by atoms with van der Waals surface area (Å²) in [6.45, 7) is 2.62. The molecule has 0 spiro atoms. The number of hydrogen-bond acceptors (Lipinski definition) is 10. The first-order chi connectivity index (χ1) is 14.9. The van der Waals surface area contributed by atoms with Crippen LogP contribution in [0.3, 0.4) is 0 Å². The minimum Gasteiger partial charge on any atom is -0.394 e. The van der Waals surface area contributed by atoms with Crippen LogP contribution in [0.15, 0.2) is 58.3 Å². The molecule has 32 heavy (non-hydrogen) atoms. The smallest absolute Gasteiger partial charge is 0.297 e. The third-order valence-corrected chi connectivity index (χ3v) is 7.58. The molecule has 12 heteroatoms. The van der Waals surface area contributed by atoms with Crippen LogP contribution in [0.2, 0.25) is 0 Å². The van der Waals surface area contributed by atoms with Crippen molar-refractivity contribution in [2.75, 3.05) is 6.61 Å². The highest BCUT2D eigenvalue weighted by Crippen LogP contribution is 2.30. The van der Waals surface area contributed by atoms with Crippen molar-refractivity contribution < 1.29 is 45.3 Å². The van der Waals surface area contributed by atoms with E-state index in [1.807, 2.05) is 0 Å². The zero-order chi connectivity index (χ0) is 23.7. The van der Waals surface area contributed by atoms with Gasteiger partial charge < -0.3 is 20.1 Å². The Kier molecular flexibility index (Phi) is 7.37. The van der Waals surface area contributed by atoms with Crippen molar-refractivity contribution in [1.29, 1.82) is 0 Å². The lowest BCUT2D eigenvalue weighted by atomic mass is 10.1. The highest BCUT2D eigenvalue weighted by molar-refractivity contribution is 7.87. The van der Waals surface area contributed by atoms with Crippen LogP contribution in [-0.2, 0) is 33.3 Å². The van der Waals surface area contributed by atoms with Gasteiger partial charge in [-0.1, -0.05) is 35.4 Å². The van der Waals surface area contributed by atoms with E-state index < -0.39 is 57.5 Å². The Morgan fingerprint density at radius 1 is 0.875 bits per heavy atom. The first kappa shape index (κ1) is 24.7. The fraction of sp³-hybridized carbons (Fsp3) is 0.400. The van der Waals surface area contributed by atoms with E-state index in [1.165, 1.54) is 24.3 Å². The van der Waals surface area contributed by atoms with E-state index in [-0.39, 0.29) is 9.79 Å². The van der Waals surface area contributed by atoms with Crippen molar-refractivity contribution >= 4 is 20.2 Å². The minimum absolute atomic E-state index is 0.190. The molecule has 1 aliphatic heterocycles. The van der Waals surface area contributed by atoms with Crippen molar-refractivity contribution in [2.45, 2.75) is 54.3 Å². The van der Waals surface area contributed by atoms with Crippen LogP contribution in [0, 0.1) is 13.8 Å². The normalized spacial score (nSPS) is 25.0. The number of benzene rings is 2. The predicted octanol–water partition coefficient (Wildman–Crippen LogP) is 0.222. The number of aliphatic hydroxyl groups is 3. The molecule has 10 nitrogen and oxygen atoms in total.